The Morgan fingerprint density at radius 1 is 0.414 bits per heavy atom. The Hall–Kier alpha value is -7.56. The molecule has 0 radical (unpaired) electrons. The van der Waals surface area contributed by atoms with Crippen molar-refractivity contribution in [2.75, 3.05) is 0 Å². The second-order valence-electron chi connectivity index (χ2n) is 14.8. The molecule has 2 aliphatic heterocycles. The van der Waals surface area contributed by atoms with Gasteiger partial charge < -0.3 is 10.6 Å². The maximum atomic E-state index is 5.42. The molecule has 2 aliphatic rings. The molecule has 0 saturated heterocycles. The van der Waals surface area contributed by atoms with E-state index < -0.39 is 0 Å². The van der Waals surface area contributed by atoms with Gasteiger partial charge in [-0.25, -0.2) is 4.99 Å². The number of allylic oxidation sites excluding steroid dienone is 2. The molecule has 1 aromatic heterocycles. The molecule has 3 heterocycles. The monoisotopic (exact) mass is 744 g/mol. The van der Waals surface area contributed by atoms with E-state index in [0.717, 1.165) is 67.3 Å². The number of rotatable bonds is 8. The summed E-state index contributed by atoms with van der Waals surface area (Å²) in [5, 5.41) is 7.33. The number of benzene rings is 7. The average Bonchev–Trinajstić information content (AvgIpc) is 3.32. The van der Waals surface area contributed by atoms with Gasteiger partial charge in [0, 0.05) is 22.9 Å². The zero-order chi connectivity index (χ0) is 38.7. The van der Waals surface area contributed by atoms with Gasteiger partial charge in [0.05, 0.1) is 23.5 Å². The number of hydrogen-bond acceptors (Lipinski definition) is 4. The molecule has 2 atom stereocenters. The minimum atomic E-state index is -0.0765. The number of aromatic nitrogens is 1. The summed E-state index contributed by atoms with van der Waals surface area (Å²) in [5.74, 6) is 0.839. The second kappa shape index (κ2) is 15.5. The lowest BCUT2D eigenvalue weighted by Gasteiger charge is -2.28. The summed E-state index contributed by atoms with van der Waals surface area (Å²) in [6, 6.07) is 67.2. The molecular weight excluding hydrogens is 705 g/mol. The molecule has 7 aromatic carbocycles. The topological polar surface area (TPSA) is 49.3 Å². The van der Waals surface area contributed by atoms with Gasteiger partial charge in [0.15, 0.2) is 0 Å². The van der Waals surface area contributed by atoms with Gasteiger partial charge in [-0.3, -0.25) is 4.98 Å². The summed E-state index contributed by atoms with van der Waals surface area (Å²) in [7, 11) is 0. The van der Waals surface area contributed by atoms with Crippen LogP contribution in [0, 0.1) is 0 Å². The van der Waals surface area contributed by atoms with Crippen molar-refractivity contribution in [3.63, 3.8) is 0 Å². The average molecular weight is 745 g/mol. The Labute approximate surface area is 339 Å². The van der Waals surface area contributed by atoms with Crippen molar-refractivity contribution in [2.45, 2.75) is 12.1 Å². The number of dihydropyridines is 1. The molecular formula is C54H40N4. The van der Waals surface area contributed by atoms with E-state index in [0.29, 0.717) is 0 Å². The van der Waals surface area contributed by atoms with Crippen molar-refractivity contribution in [2.24, 2.45) is 4.99 Å². The normalized spacial score (nSPS) is 15.5. The third-order valence-corrected chi connectivity index (χ3v) is 11.1. The van der Waals surface area contributed by atoms with E-state index in [9.17, 15) is 0 Å². The first-order valence-corrected chi connectivity index (χ1v) is 19.8. The van der Waals surface area contributed by atoms with Gasteiger partial charge in [0.1, 0.15) is 5.84 Å². The minimum absolute atomic E-state index is 0.0765. The van der Waals surface area contributed by atoms with Crippen molar-refractivity contribution < 1.29 is 0 Å². The molecule has 2 N–H and O–H groups in total. The van der Waals surface area contributed by atoms with Gasteiger partial charge in [-0.15, -0.1) is 0 Å². The Kier molecular flexibility index (Phi) is 9.34. The highest BCUT2D eigenvalue weighted by Gasteiger charge is 2.25. The summed E-state index contributed by atoms with van der Waals surface area (Å²) in [6.07, 6.45) is 10.1. The lowest BCUT2D eigenvalue weighted by molar-refractivity contribution is 0.746. The van der Waals surface area contributed by atoms with Crippen LogP contribution in [0.3, 0.4) is 0 Å². The van der Waals surface area contributed by atoms with Gasteiger partial charge in [-0.05, 0) is 104 Å². The van der Waals surface area contributed by atoms with Crippen LogP contribution < -0.4 is 10.6 Å². The molecule has 0 saturated carbocycles. The van der Waals surface area contributed by atoms with Crippen LogP contribution in [0.25, 0.3) is 55.8 Å². The molecule has 0 aliphatic carbocycles. The number of aliphatic imine (C=N–C) groups is 1. The predicted molar refractivity (Wildman–Crippen MR) is 240 cm³/mol. The van der Waals surface area contributed by atoms with E-state index >= 15 is 0 Å². The molecule has 0 amide bonds. The third-order valence-electron chi connectivity index (χ3n) is 11.1. The predicted octanol–water partition coefficient (Wildman–Crippen LogP) is 12.9. The van der Waals surface area contributed by atoms with Crippen LogP contribution in [0.15, 0.2) is 224 Å². The fourth-order valence-electron chi connectivity index (χ4n) is 7.97. The molecule has 10 rings (SSSR count). The molecule has 4 nitrogen and oxygen atoms in total. The van der Waals surface area contributed by atoms with E-state index in [1.165, 1.54) is 22.3 Å². The standard InChI is InChI=1S/C54H40N4/c1-3-11-37(12-4-1)38-17-19-39(20-18-38)45-29-30-49-52(36-45)57-54(58-53(49)44-13-5-2-6-14-44)48-34-46(40-21-25-42(26-22-40)50-15-7-9-31-55-50)33-47(35-48)41-23-27-43(28-24-41)51-16-8-10-32-56-51/h1-36,50,53,55H,(H,57,58). The van der Waals surface area contributed by atoms with Crippen LogP contribution in [-0.4, -0.2) is 10.8 Å². The highest BCUT2D eigenvalue weighted by atomic mass is 15.1. The molecule has 8 aromatic rings. The van der Waals surface area contributed by atoms with Crippen LogP contribution in [-0.2, 0) is 0 Å². The van der Waals surface area contributed by atoms with Crippen molar-refractivity contribution in [3.05, 3.63) is 241 Å². The summed E-state index contributed by atoms with van der Waals surface area (Å²) < 4.78 is 0. The van der Waals surface area contributed by atoms with Gasteiger partial charge in [-0.1, -0.05) is 164 Å². The maximum Gasteiger partial charge on any atom is 0.134 e. The van der Waals surface area contributed by atoms with Gasteiger partial charge in [0.25, 0.3) is 0 Å². The van der Waals surface area contributed by atoms with E-state index in [1.54, 1.807) is 0 Å². The van der Waals surface area contributed by atoms with Crippen molar-refractivity contribution >= 4 is 11.5 Å². The molecule has 276 valence electrons. The highest BCUT2D eigenvalue weighted by Crippen LogP contribution is 2.39. The number of nitrogens with zero attached hydrogens (tertiary/aromatic N) is 2. The van der Waals surface area contributed by atoms with Gasteiger partial charge in [0.2, 0.25) is 0 Å². The van der Waals surface area contributed by atoms with Crippen molar-refractivity contribution in [1.82, 2.24) is 15.6 Å². The van der Waals surface area contributed by atoms with E-state index in [-0.39, 0.29) is 12.1 Å². The number of hydrogen-bond donors (Lipinski definition) is 2. The minimum Gasteiger partial charge on any atom is -0.381 e. The zero-order valence-electron chi connectivity index (χ0n) is 31.8. The first kappa shape index (κ1) is 34.9. The number of fused-ring (bicyclic) bond motifs is 1. The van der Waals surface area contributed by atoms with Gasteiger partial charge >= 0.3 is 0 Å². The smallest absolute Gasteiger partial charge is 0.134 e. The Morgan fingerprint density at radius 3 is 1.64 bits per heavy atom. The largest absolute Gasteiger partial charge is 0.381 e. The zero-order valence-corrected chi connectivity index (χ0v) is 31.8. The summed E-state index contributed by atoms with van der Waals surface area (Å²) >= 11 is 0. The fourth-order valence-corrected chi connectivity index (χ4v) is 7.97. The number of pyridine rings is 1. The third kappa shape index (κ3) is 7.15. The number of amidine groups is 1. The van der Waals surface area contributed by atoms with Crippen molar-refractivity contribution in [1.29, 1.82) is 0 Å². The summed E-state index contributed by atoms with van der Waals surface area (Å²) in [4.78, 5) is 9.99. The van der Waals surface area contributed by atoms with E-state index in [4.69, 9.17) is 4.99 Å². The molecule has 0 spiro atoms. The summed E-state index contributed by atoms with van der Waals surface area (Å²) in [5.41, 5.74) is 16.8. The van der Waals surface area contributed by atoms with Gasteiger partial charge in [-0.2, -0.15) is 0 Å². The Balaban J connectivity index is 1.07. The molecule has 2 unspecified atom stereocenters. The molecule has 0 fully saturated rings. The number of nitrogens with one attached hydrogen (secondary N) is 2. The van der Waals surface area contributed by atoms with Crippen LogP contribution in [0.5, 0.6) is 0 Å². The molecule has 58 heavy (non-hydrogen) atoms. The Bertz CT molecular complexity index is 2790. The van der Waals surface area contributed by atoms with Crippen LogP contribution in [0.1, 0.15) is 34.3 Å². The van der Waals surface area contributed by atoms with Crippen molar-refractivity contribution in [3.8, 4) is 55.8 Å². The van der Waals surface area contributed by atoms with Crippen LogP contribution in [0.2, 0.25) is 0 Å². The lowest BCUT2D eigenvalue weighted by atomic mass is 9.91. The first-order valence-electron chi connectivity index (χ1n) is 19.8. The quantitative estimate of drug-likeness (QED) is 0.163. The highest BCUT2D eigenvalue weighted by molar-refractivity contribution is 6.04. The van der Waals surface area contributed by atoms with E-state index in [1.807, 2.05) is 36.7 Å². The molecule has 0 bridgehead atoms. The summed E-state index contributed by atoms with van der Waals surface area (Å²) in [6.45, 7) is 0. The Morgan fingerprint density at radius 2 is 0.983 bits per heavy atom. The second-order valence-corrected chi connectivity index (χ2v) is 14.8. The molecule has 4 heteroatoms. The SMILES string of the molecule is C1=CNC(c2ccc(-c3cc(C4=Nc5cc(-c6ccc(-c7ccccc7)cc6)ccc5C(c5ccccc5)N4)cc(-c4ccc(-c5ccccn5)cc4)c3)cc2)C=C1. The van der Waals surface area contributed by atoms with Crippen LogP contribution in [0.4, 0.5) is 5.69 Å². The lowest BCUT2D eigenvalue weighted by Crippen LogP contribution is -2.32. The first-order chi connectivity index (χ1) is 28.7. The fraction of sp³-hybridized carbons (Fsp3) is 0.0370. The van der Waals surface area contributed by atoms with Crippen LogP contribution >= 0.6 is 0 Å². The van der Waals surface area contributed by atoms with E-state index in [2.05, 4.69) is 198 Å². The maximum absolute atomic E-state index is 5.42.